The standard InChI is InChI=1S/C22H30N10O3/c1-13(31-12-27-18(30-35)17(31)20(34)23-4)19(33)29-16-11-24-10-15(28-16)14-8-25-21(26-9-14)32-7-5-6-22(32,2)3/h8-9,11-13,15,30,35H,5-7,10H2,1-4H3,(H,23,34)(H,28,29,33)/t13-,15?/m0/s1. The molecule has 0 radical (unpaired) electrons. The number of imidazole rings is 1. The Morgan fingerprint density at radius 1 is 1.23 bits per heavy atom. The first-order valence-electron chi connectivity index (χ1n) is 11.4. The van der Waals surface area contributed by atoms with Crippen molar-refractivity contribution in [2.24, 2.45) is 9.98 Å². The molecule has 13 heteroatoms. The van der Waals surface area contributed by atoms with E-state index in [2.05, 4.69) is 54.3 Å². The van der Waals surface area contributed by atoms with Gasteiger partial charge in [-0.25, -0.2) is 15.0 Å². The maximum Gasteiger partial charge on any atom is 0.271 e. The van der Waals surface area contributed by atoms with Gasteiger partial charge in [-0.15, -0.1) is 0 Å². The number of anilines is 2. The van der Waals surface area contributed by atoms with Crippen LogP contribution in [0.5, 0.6) is 0 Å². The van der Waals surface area contributed by atoms with Gasteiger partial charge in [0, 0.05) is 37.1 Å². The maximum atomic E-state index is 12.9. The molecular weight excluding hydrogens is 452 g/mol. The SMILES string of the molecule is CNC(=O)c1c(NO)ncn1[C@@H](C)C(=O)NC1=NC(c2cnc(N3CCCC3(C)C)nc2)CN=C1. The Labute approximate surface area is 202 Å². The molecule has 4 N–H and O–H groups in total. The minimum absolute atomic E-state index is 0.0215. The molecule has 1 unspecified atom stereocenters. The molecule has 4 rings (SSSR count). The summed E-state index contributed by atoms with van der Waals surface area (Å²) in [5, 5.41) is 14.5. The molecule has 1 saturated heterocycles. The zero-order valence-corrected chi connectivity index (χ0v) is 20.2. The molecule has 2 aliphatic rings. The minimum Gasteiger partial charge on any atom is -0.354 e. The van der Waals surface area contributed by atoms with E-state index < -0.39 is 17.9 Å². The lowest BCUT2D eigenvalue weighted by molar-refractivity contribution is -0.122. The van der Waals surface area contributed by atoms with Crippen LogP contribution < -0.4 is 21.0 Å². The summed E-state index contributed by atoms with van der Waals surface area (Å²) in [7, 11) is 1.45. The van der Waals surface area contributed by atoms with Crippen molar-refractivity contribution in [1.82, 2.24) is 30.2 Å². The number of nitrogens with one attached hydrogen (secondary N) is 3. The van der Waals surface area contributed by atoms with Crippen LogP contribution >= 0.6 is 0 Å². The second kappa shape index (κ2) is 9.78. The monoisotopic (exact) mass is 482 g/mol. The van der Waals surface area contributed by atoms with Crippen LogP contribution in [-0.4, -0.2) is 74.3 Å². The second-order valence-corrected chi connectivity index (χ2v) is 9.11. The summed E-state index contributed by atoms with van der Waals surface area (Å²) in [6.45, 7) is 7.34. The molecule has 186 valence electrons. The number of hydrogen-bond acceptors (Lipinski definition) is 10. The van der Waals surface area contributed by atoms with Crippen molar-refractivity contribution in [3.63, 3.8) is 0 Å². The molecule has 2 aromatic heterocycles. The van der Waals surface area contributed by atoms with Crippen molar-refractivity contribution < 1.29 is 14.8 Å². The highest BCUT2D eigenvalue weighted by Crippen LogP contribution is 2.31. The minimum atomic E-state index is -0.820. The Morgan fingerprint density at radius 2 is 1.97 bits per heavy atom. The third kappa shape index (κ3) is 4.85. The van der Waals surface area contributed by atoms with Gasteiger partial charge < -0.3 is 20.1 Å². The second-order valence-electron chi connectivity index (χ2n) is 9.11. The molecule has 0 aromatic carbocycles. The fraction of sp³-hybridized carbons (Fsp3) is 0.500. The van der Waals surface area contributed by atoms with Gasteiger partial charge in [-0.1, -0.05) is 0 Å². The van der Waals surface area contributed by atoms with Crippen molar-refractivity contribution >= 4 is 35.6 Å². The number of aliphatic imine (C=N–C) groups is 2. The van der Waals surface area contributed by atoms with Crippen molar-refractivity contribution in [2.45, 2.75) is 51.2 Å². The van der Waals surface area contributed by atoms with Crippen LogP contribution in [0.15, 0.2) is 28.7 Å². The summed E-state index contributed by atoms with van der Waals surface area (Å²) in [4.78, 5) is 49.4. The fourth-order valence-corrected chi connectivity index (χ4v) is 4.28. The lowest BCUT2D eigenvalue weighted by Crippen LogP contribution is -2.39. The summed E-state index contributed by atoms with van der Waals surface area (Å²) in [5.74, 6) is 0.0131. The Balaban J connectivity index is 1.47. The number of rotatable bonds is 6. The maximum absolute atomic E-state index is 12.9. The van der Waals surface area contributed by atoms with Crippen LogP contribution in [0.25, 0.3) is 0 Å². The number of amidine groups is 1. The van der Waals surface area contributed by atoms with Gasteiger partial charge >= 0.3 is 0 Å². The van der Waals surface area contributed by atoms with E-state index in [1.165, 1.54) is 24.2 Å². The largest absolute Gasteiger partial charge is 0.354 e. The van der Waals surface area contributed by atoms with Gasteiger partial charge in [-0.2, -0.15) is 0 Å². The Bertz CT molecular complexity index is 1150. The molecule has 0 aliphatic carbocycles. The molecule has 2 aromatic rings. The third-order valence-electron chi connectivity index (χ3n) is 6.36. The highest BCUT2D eigenvalue weighted by atomic mass is 16.5. The average molecular weight is 483 g/mol. The number of amides is 2. The first kappa shape index (κ1) is 24.3. The fourth-order valence-electron chi connectivity index (χ4n) is 4.28. The van der Waals surface area contributed by atoms with Crippen molar-refractivity contribution in [2.75, 3.05) is 30.5 Å². The van der Waals surface area contributed by atoms with Crippen LogP contribution in [0.4, 0.5) is 11.8 Å². The normalized spacial score (nSPS) is 19.7. The molecule has 2 atom stereocenters. The Hall–Kier alpha value is -3.87. The van der Waals surface area contributed by atoms with Crippen LogP contribution in [0.1, 0.15) is 61.7 Å². The molecule has 0 spiro atoms. The Kier molecular flexibility index (Phi) is 6.78. The van der Waals surface area contributed by atoms with Crippen molar-refractivity contribution in [3.8, 4) is 0 Å². The zero-order valence-electron chi connectivity index (χ0n) is 20.2. The summed E-state index contributed by atoms with van der Waals surface area (Å²) in [5.41, 5.74) is 2.73. The van der Waals surface area contributed by atoms with E-state index in [9.17, 15) is 14.8 Å². The van der Waals surface area contributed by atoms with E-state index in [4.69, 9.17) is 0 Å². The summed E-state index contributed by atoms with van der Waals surface area (Å²) >= 11 is 0. The topological polar surface area (TPSA) is 162 Å². The van der Waals surface area contributed by atoms with E-state index >= 15 is 0 Å². The van der Waals surface area contributed by atoms with Gasteiger partial charge in [-0.05, 0) is 33.6 Å². The van der Waals surface area contributed by atoms with E-state index in [1.807, 2.05) is 5.48 Å². The molecule has 2 amide bonds. The van der Waals surface area contributed by atoms with E-state index in [0.29, 0.717) is 18.3 Å². The highest BCUT2D eigenvalue weighted by molar-refractivity contribution is 6.33. The molecule has 35 heavy (non-hydrogen) atoms. The van der Waals surface area contributed by atoms with Gasteiger partial charge in [0.05, 0.1) is 25.1 Å². The van der Waals surface area contributed by atoms with Gasteiger partial charge in [0.25, 0.3) is 5.91 Å². The molecule has 1 fully saturated rings. The Morgan fingerprint density at radius 3 is 2.60 bits per heavy atom. The summed E-state index contributed by atoms with van der Waals surface area (Å²) < 4.78 is 1.36. The van der Waals surface area contributed by atoms with Gasteiger partial charge in [0.2, 0.25) is 11.9 Å². The highest BCUT2D eigenvalue weighted by Gasteiger charge is 2.33. The molecule has 0 saturated carbocycles. The predicted octanol–water partition coefficient (Wildman–Crippen LogP) is 1.11. The van der Waals surface area contributed by atoms with Crippen molar-refractivity contribution in [1.29, 1.82) is 0 Å². The number of nitrogens with zero attached hydrogens (tertiary/aromatic N) is 7. The van der Waals surface area contributed by atoms with Crippen LogP contribution in [-0.2, 0) is 4.79 Å². The molecule has 2 aliphatic heterocycles. The quantitative estimate of drug-likeness (QED) is 0.445. The van der Waals surface area contributed by atoms with Crippen LogP contribution in [0.2, 0.25) is 0 Å². The zero-order chi connectivity index (χ0) is 25.2. The van der Waals surface area contributed by atoms with Crippen LogP contribution in [0, 0.1) is 0 Å². The lowest BCUT2D eigenvalue weighted by atomic mass is 10.0. The summed E-state index contributed by atoms with van der Waals surface area (Å²) in [6.07, 6.45) is 8.53. The van der Waals surface area contributed by atoms with Crippen molar-refractivity contribution in [3.05, 3.63) is 30.0 Å². The lowest BCUT2D eigenvalue weighted by Gasteiger charge is -2.31. The molecule has 4 heterocycles. The third-order valence-corrected chi connectivity index (χ3v) is 6.36. The van der Waals surface area contributed by atoms with Gasteiger partial charge in [-0.3, -0.25) is 30.3 Å². The number of carbonyl (C=O) groups excluding carboxylic acids is 2. The molecule has 0 bridgehead atoms. The molecular formula is C22H30N10O3. The van der Waals surface area contributed by atoms with E-state index in [0.717, 1.165) is 24.9 Å². The first-order chi connectivity index (χ1) is 16.7. The predicted molar refractivity (Wildman–Crippen MR) is 130 cm³/mol. The number of aromatic nitrogens is 4. The van der Waals surface area contributed by atoms with Crippen LogP contribution in [0.3, 0.4) is 0 Å². The average Bonchev–Trinajstić information content (AvgIpc) is 3.45. The van der Waals surface area contributed by atoms with Gasteiger partial charge in [0.15, 0.2) is 11.5 Å². The molecule has 13 nitrogen and oxygen atoms in total. The number of hydrogen-bond donors (Lipinski definition) is 4. The summed E-state index contributed by atoms with van der Waals surface area (Å²) in [6, 6.07) is -1.15. The van der Waals surface area contributed by atoms with E-state index in [1.54, 1.807) is 19.3 Å². The van der Waals surface area contributed by atoms with Gasteiger partial charge in [0.1, 0.15) is 11.9 Å². The first-order valence-corrected chi connectivity index (χ1v) is 11.4. The van der Waals surface area contributed by atoms with E-state index in [-0.39, 0.29) is 23.1 Å². The number of carbonyl (C=O) groups is 2. The smallest absolute Gasteiger partial charge is 0.271 e.